The van der Waals surface area contributed by atoms with Crippen LogP contribution in [0.15, 0.2) is 0 Å². The van der Waals surface area contributed by atoms with Crippen molar-refractivity contribution < 1.29 is 7.48 Å². The van der Waals surface area contributed by atoms with E-state index in [1.54, 1.807) is 0 Å². The molecule has 0 spiro atoms. The van der Waals surface area contributed by atoms with Gasteiger partial charge in [-0.3, -0.25) is 0 Å². The average molecular weight is 301 g/mol. The van der Waals surface area contributed by atoms with E-state index in [0.717, 1.165) is 25.4 Å². The lowest BCUT2D eigenvalue weighted by Crippen LogP contribution is -2.29. The topological polar surface area (TPSA) is 9.23 Å². The number of unbranched alkanes of at least 4 members (excludes halogenated alkanes) is 8. The molecule has 0 aromatic heterocycles. The molecule has 1 saturated heterocycles. The van der Waals surface area contributed by atoms with Gasteiger partial charge in [0, 0.05) is 9.35 Å². The summed E-state index contributed by atoms with van der Waals surface area (Å²) in [7, 11) is 0. The van der Waals surface area contributed by atoms with Gasteiger partial charge in [-0.1, -0.05) is 84.4 Å². The van der Waals surface area contributed by atoms with Crippen molar-refractivity contribution >= 4 is 0 Å². The Morgan fingerprint density at radius 3 is 2.29 bits per heavy atom. The van der Waals surface area contributed by atoms with Gasteiger partial charge < -0.3 is 4.74 Å². The zero-order chi connectivity index (χ0) is 16.8. The predicted octanol–water partition coefficient (Wildman–Crippen LogP) is 6.89. The normalized spacial score (nSPS) is 24.1. The third kappa shape index (κ3) is 9.55. The van der Waals surface area contributed by atoms with Gasteiger partial charge in [0.15, 0.2) is 0 Å². The molecule has 0 aliphatic carbocycles. The molecule has 0 amide bonds. The van der Waals surface area contributed by atoms with Crippen LogP contribution in [0, 0.1) is 5.92 Å². The Hall–Kier alpha value is -0.0400. The van der Waals surface area contributed by atoms with E-state index in [0.29, 0.717) is 6.10 Å². The highest BCUT2D eigenvalue weighted by molar-refractivity contribution is 4.75. The minimum atomic E-state index is -0.622. The van der Waals surface area contributed by atoms with Crippen LogP contribution in [0.3, 0.4) is 0 Å². The summed E-state index contributed by atoms with van der Waals surface area (Å²) in [6.45, 7) is 2.63. The lowest BCUT2D eigenvalue weighted by atomic mass is 9.86. The highest BCUT2D eigenvalue weighted by Crippen LogP contribution is 2.29. The molecule has 0 aromatic carbocycles. The van der Waals surface area contributed by atoms with Crippen molar-refractivity contribution in [3.8, 4) is 0 Å². The van der Waals surface area contributed by atoms with Gasteiger partial charge in [-0.25, -0.2) is 0 Å². The van der Waals surface area contributed by atoms with E-state index in [1.165, 1.54) is 83.5 Å². The monoisotopic (exact) mass is 300 g/mol. The van der Waals surface area contributed by atoms with Gasteiger partial charge in [0.05, 0.1) is 6.10 Å². The molecule has 1 aliphatic heterocycles. The summed E-state index contributed by atoms with van der Waals surface area (Å²) in [6.07, 6.45) is 19.6. The van der Waals surface area contributed by atoms with Crippen molar-refractivity contribution in [3.05, 3.63) is 0 Å². The minimum absolute atomic E-state index is 0.529. The molecule has 1 fully saturated rings. The maximum absolute atomic E-state index is 7.21. The number of ether oxygens (including phenoxy) is 1. The molecule has 0 aromatic rings. The maximum Gasteiger partial charge on any atom is 0.0603 e. The van der Waals surface area contributed by atoms with Gasteiger partial charge in [0.1, 0.15) is 0 Å². The Morgan fingerprint density at radius 2 is 1.52 bits per heavy atom. The SMILES string of the molecule is [3H]C([3H])CCCCCC[C@H]1CCCO[C@@H]1CCCCCCCC. The second-order valence-electron chi connectivity index (χ2n) is 6.86. The molecule has 21 heavy (non-hydrogen) atoms. The van der Waals surface area contributed by atoms with Crippen LogP contribution in [-0.2, 0) is 4.74 Å². The minimum Gasteiger partial charge on any atom is -0.378 e. The molecule has 1 heteroatoms. The fourth-order valence-corrected chi connectivity index (χ4v) is 3.58. The molecule has 0 radical (unpaired) electrons. The van der Waals surface area contributed by atoms with Crippen LogP contribution in [0.25, 0.3) is 0 Å². The standard InChI is InChI=1S/C20H40O/c1-3-5-7-9-11-13-17-20-19(16-14-18-21-20)15-12-10-8-6-4-2/h19-20H,3-18H2,1-2H3/t19-,20+/m0/s1/i2T2. The van der Waals surface area contributed by atoms with Gasteiger partial charge >= 0.3 is 0 Å². The smallest absolute Gasteiger partial charge is 0.0603 e. The lowest BCUT2D eigenvalue weighted by molar-refractivity contribution is -0.0352. The Labute approximate surface area is 137 Å². The predicted molar refractivity (Wildman–Crippen MR) is 93.8 cm³/mol. The van der Waals surface area contributed by atoms with E-state index in [-0.39, 0.29) is 0 Å². The van der Waals surface area contributed by atoms with Crippen LogP contribution in [0.5, 0.6) is 0 Å². The van der Waals surface area contributed by atoms with E-state index in [4.69, 9.17) is 7.48 Å². The summed E-state index contributed by atoms with van der Waals surface area (Å²) >= 11 is 0. The zero-order valence-corrected chi connectivity index (χ0v) is 14.5. The second kappa shape index (κ2) is 13.6. The summed E-state index contributed by atoms with van der Waals surface area (Å²) in [4.78, 5) is 0. The van der Waals surface area contributed by atoms with E-state index in [1.807, 2.05) is 0 Å². The van der Waals surface area contributed by atoms with E-state index >= 15 is 0 Å². The van der Waals surface area contributed by atoms with Crippen LogP contribution >= 0.6 is 0 Å². The first kappa shape index (κ1) is 15.8. The maximum atomic E-state index is 7.21. The van der Waals surface area contributed by atoms with Crippen molar-refractivity contribution in [3.63, 3.8) is 0 Å². The Morgan fingerprint density at radius 1 is 0.857 bits per heavy atom. The van der Waals surface area contributed by atoms with Gasteiger partial charge in [-0.05, 0) is 31.6 Å². The average Bonchev–Trinajstić information content (AvgIpc) is 2.55. The summed E-state index contributed by atoms with van der Waals surface area (Å²) in [6, 6.07) is 0. The van der Waals surface area contributed by atoms with Crippen LogP contribution in [0.1, 0.15) is 113 Å². The van der Waals surface area contributed by atoms with E-state index in [2.05, 4.69) is 6.92 Å². The van der Waals surface area contributed by atoms with E-state index in [9.17, 15) is 0 Å². The summed E-state index contributed by atoms with van der Waals surface area (Å²) in [5.74, 6) is 0.791. The van der Waals surface area contributed by atoms with Crippen LogP contribution in [0.4, 0.5) is 0 Å². The van der Waals surface area contributed by atoms with Crippen molar-refractivity contribution in [2.75, 3.05) is 6.61 Å². The lowest BCUT2D eigenvalue weighted by Gasteiger charge is -2.32. The molecule has 2 atom stereocenters. The number of hydrogen-bond donors (Lipinski definition) is 0. The van der Waals surface area contributed by atoms with Crippen molar-refractivity contribution in [1.82, 2.24) is 0 Å². The molecular weight excluding hydrogens is 256 g/mol. The summed E-state index contributed by atoms with van der Waals surface area (Å²) in [5, 5.41) is 0. The quantitative estimate of drug-likeness (QED) is 0.336. The Kier molecular flexibility index (Phi) is 10.3. The number of rotatable bonds is 13. The highest BCUT2D eigenvalue weighted by atomic mass is 16.5. The van der Waals surface area contributed by atoms with Crippen molar-refractivity contribution in [2.24, 2.45) is 5.92 Å². The molecule has 0 N–H and O–H groups in total. The van der Waals surface area contributed by atoms with Crippen molar-refractivity contribution in [1.29, 1.82) is 0 Å². The molecule has 1 nitrogen and oxygen atoms in total. The van der Waals surface area contributed by atoms with Gasteiger partial charge in [-0.15, -0.1) is 0 Å². The largest absolute Gasteiger partial charge is 0.378 e. The molecule has 0 bridgehead atoms. The molecule has 126 valence electrons. The molecule has 0 saturated carbocycles. The van der Waals surface area contributed by atoms with Gasteiger partial charge in [-0.2, -0.15) is 0 Å². The Bertz CT molecular complexity index is 258. The highest BCUT2D eigenvalue weighted by Gasteiger charge is 2.24. The summed E-state index contributed by atoms with van der Waals surface area (Å²) < 4.78 is 20.5. The van der Waals surface area contributed by atoms with Crippen LogP contribution < -0.4 is 0 Å². The van der Waals surface area contributed by atoms with Gasteiger partial charge in [0.2, 0.25) is 0 Å². The van der Waals surface area contributed by atoms with Crippen LogP contribution in [-0.4, -0.2) is 12.7 Å². The first-order valence-corrected chi connectivity index (χ1v) is 9.70. The zero-order valence-electron chi connectivity index (χ0n) is 16.5. The molecule has 0 unspecified atom stereocenters. The Balaban J connectivity index is 2.06. The fraction of sp³-hybridized carbons (Fsp3) is 1.00. The third-order valence-electron chi connectivity index (χ3n) is 4.95. The first-order valence-electron chi connectivity index (χ1n) is 10.9. The molecular formula is C20H40O. The van der Waals surface area contributed by atoms with Crippen molar-refractivity contribution in [2.45, 2.75) is 116 Å². The van der Waals surface area contributed by atoms with Gasteiger partial charge in [0.25, 0.3) is 0 Å². The fourth-order valence-electron chi connectivity index (χ4n) is 3.58. The molecule has 1 aliphatic rings. The first-order chi connectivity index (χ1) is 11.2. The number of hydrogen-bond acceptors (Lipinski definition) is 1. The van der Waals surface area contributed by atoms with Crippen LogP contribution in [0.2, 0.25) is 0 Å². The summed E-state index contributed by atoms with van der Waals surface area (Å²) in [5.41, 5.74) is 0. The molecule has 1 heterocycles. The third-order valence-corrected chi connectivity index (χ3v) is 4.95. The molecule has 1 rings (SSSR count). The van der Waals surface area contributed by atoms with E-state index < -0.39 is 6.88 Å². The second-order valence-corrected chi connectivity index (χ2v) is 6.86.